The summed E-state index contributed by atoms with van der Waals surface area (Å²) >= 11 is 0. The summed E-state index contributed by atoms with van der Waals surface area (Å²) in [6.45, 7) is 0. The largest absolute Gasteiger partial charge is 0.458 e. The third-order valence-electron chi connectivity index (χ3n) is 8.14. The van der Waals surface area contributed by atoms with Crippen molar-refractivity contribution in [2.45, 2.75) is 159 Å². The van der Waals surface area contributed by atoms with Gasteiger partial charge < -0.3 is 0 Å². The predicted octanol–water partition coefficient (Wildman–Crippen LogP) is 8.84. The molecule has 0 amide bonds. The lowest BCUT2D eigenvalue weighted by molar-refractivity contribution is 0.0588. The normalized spacial score (nSPS) is 26.9. The van der Waals surface area contributed by atoms with Crippen LogP contribution in [-0.2, 0) is 27.2 Å². The van der Waals surface area contributed by atoms with Crippen LogP contribution in [0.3, 0.4) is 0 Å². The third kappa shape index (κ3) is 7.18. The van der Waals surface area contributed by atoms with E-state index in [1.807, 2.05) is 0 Å². The van der Waals surface area contributed by atoms with Crippen molar-refractivity contribution in [3.05, 3.63) is 0 Å². The molecule has 5 saturated carbocycles. The zero-order valence-corrected chi connectivity index (χ0v) is 22.6. The molecule has 5 aliphatic carbocycles. The van der Waals surface area contributed by atoms with Gasteiger partial charge >= 0.3 is 15.5 Å². The molecule has 0 bridgehead atoms. The first-order valence-electron chi connectivity index (χ1n) is 14.3. The van der Waals surface area contributed by atoms with Gasteiger partial charge in [-0.25, -0.2) is 4.57 Å². The molecule has 7 nitrogen and oxygen atoms in total. The van der Waals surface area contributed by atoms with Crippen LogP contribution in [0.15, 0.2) is 4.52 Å². The Balaban J connectivity index is 1.49. The Morgan fingerprint density at radius 2 is 0.647 bits per heavy atom. The van der Waals surface area contributed by atoms with Crippen LogP contribution in [0.5, 0.6) is 0 Å². The van der Waals surface area contributed by atoms with Crippen LogP contribution in [0.1, 0.15) is 128 Å². The molecule has 5 fully saturated rings. The number of nitrogens with zero attached hydrogens (tertiary/aromatic N) is 1. The van der Waals surface area contributed by atoms with Gasteiger partial charge in [-0.3, -0.25) is 22.6 Å². The van der Waals surface area contributed by atoms with Crippen LogP contribution in [-0.4, -0.2) is 30.5 Å². The van der Waals surface area contributed by atoms with Gasteiger partial charge in [-0.2, -0.15) is 0 Å². The fraction of sp³-hybridized carbons (Fsp3) is 1.00. The Kier molecular flexibility index (Phi) is 9.29. The van der Waals surface area contributed by atoms with E-state index in [0.29, 0.717) is 0 Å². The molecule has 9 heteroatoms. The van der Waals surface area contributed by atoms with Gasteiger partial charge in [0.25, 0.3) is 0 Å². The molecule has 0 unspecified atom stereocenters. The quantitative estimate of drug-likeness (QED) is 0.255. The highest BCUT2D eigenvalue weighted by molar-refractivity contribution is 7.63. The first kappa shape index (κ1) is 25.9. The van der Waals surface area contributed by atoms with E-state index in [9.17, 15) is 4.57 Å². The standard InChI is InChI=1S/C25H45NO6P2/c27-33(28-21-11-1-2-12-21,29-22-13-3-4-14-22)26-34(30-23-15-5-6-16-23,31-24-17-7-8-18-24)32-25-19-9-10-20-25/h21-25H,1-20H2. The number of hydrogen-bond donors (Lipinski definition) is 0. The fourth-order valence-corrected chi connectivity index (χ4v) is 11.3. The average Bonchev–Trinajstić information content (AvgIpc) is 3.60. The van der Waals surface area contributed by atoms with Crippen molar-refractivity contribution in [3.63, 3.8) is 0 Å². The van der Waals surface area contributed by atoms with Gasteiger partial charge in [0.2, 0.25) is 0 Å². The zero-order chi connectivity index (χ0) is 23.3. The van der Waals surface area contributed by atoms with Crippen molar-refractivity contribution in [3.8, 4) is 0 Å². The highest BCUT2D eigenvalue weighted by atomic mass is 31.2. The third-order valence-corrected chi connectivity index (χ3v) is 12.7. The van der Waals surface area contributed by atoms with Crippen LogP contribution < -0.4 is 0 Å². The summed E-state index contributed by atoms with van der Waals surface area (Å²) in [7, 11) is -7.08. The Bertz CT molecular complexity index is 659. The lowest BCUT2D eigenvalue weighted by Gasteiger charge is -2.33. The smallest absolute Gasteiger partial charge is 0.299 e. The predicted molar refractivity (Wildman–Crippen MR) is 134 cm³/mol. The van der Waals surface area contributed by atoms with Crippen LogP contribution >= 0.6 is 15.5 Å². The molecule has 0 heterocycles. The van der Waals surface area contributed by atoms with E-state index in [-0.39, 0.29) is 30.5 Å². The van der Waals surface area contributed by atoms with Gasteiger partial charge in [0.05, 0.1) is 30.5 Å². The van der Waals surface area contributed by atoms with Gasteiger partial charge in [0, 0.05) is 0 Å². The summed E-state index contributed by atoms with van der Waals surface area (Å²) in [5.74, 6) is 0. The van der Waals surface area contributed by atoms with Crippen LogP contribution in [0, 0.1) is 0 Å². The lowest BCUT2D eigenvalue weighted by Crippen LogP contribution is -2.19. The van der Waals surface area contributed by atoms with Gasteiger partial charge in [-0.1, -0.05) is 64.2 Å². The zero-order valence-electron chi connectivity index (χ0n) is 20.8. The monoisotopic (exact) mass is 517 g/mol. The van der Waals surface area contributed by atoms with E-state index in [0.717, 1.165) is 128 Å². The average molecular weight is 518 g/mol. The topological polar surface area (TPSA) is 75.6 Å². The summed E-state index contributed by atoms with van der Waals surface area (Å²) in [4.78, 5) is 0. The Morgan fingerprint density at radius 3 is 0.912 bits per heavy atom. The van der Waals surface area contributed by atoms with Crippen molar-refractivity contribution < 1.29 is 27.2 Å². The molecule has 196 valence electrons. The molecule has 0 aliphatic heterocycles. The molecule has 5 aliphatic rings. The summed E-state index contributed by atoms with van der Waals surface area (Å²) in [6, 6.07) is 0. The van der Waals surface area contributed by atoms with Crippen LogP contribution in [0.2, 0.25) is 0 Å². The minimum atomic E-state index is -3.81. The van der Waals surface area contributed by atoms with E-state index in [1.165, 1.54) is 0 Å². The maximum atomic E-state index is 14.4. The molecule has 0 N–H and O–H groups in total. The molecule has 0 aromatic rings. The van der Waals surface area contributed by atoms with Gasteiger partial charge in [0.15, 0.2) is 0 Å². The van der Waals surface area contributed by atoms with E-state index >= 15 is 0 Å². The second kappa shape index (κ2) is 12.2. The summed E-state index contributed by atoms with van der Waals surface area (Å²) < 4.78 is 52.0. The maximum Gasteiger partial charge on any atom is 0.458 e. The minimum Gasteiger partial charge on any atom is -0.299 e. The van der Waals surface area contributed by atoms with Gasteiger partial charge in [-0.15, -0.1) is 4.52 Å². The van der Waals surface area contributed by atoms with Crippen molar-refractivity contribution in [2.24, 2.45) is 4.52 Å². The second-order valence-electron chi connectivity index (χ2n) is 11.1. The molecule has 0 atom stereocenters. The van der Waals surface area contributed by atoms with E-state index < -0.39 is 15.5 Å². The van der Waals surface area contributed by atoms with Crippen molar-refractivity contribution in [1.29, 1.82) is 0 Å². The first-order chi connectivity index (χ1) is 16.6. The fourth-order valence-electron chi connectivity index (χ4n) is 6.25. The van der Waals surface area contributed by atoms with Crippen molar-refractivity contribution in [1.82, 2.24) is 0 Å². The Hall–Kier alpha value is 0.260. The molecule has 0 aromatic carbocycles. The first-order valence-corrected chi connectivity index (χ1v) is 17.2. The Morgan fingerprint density at radius 1 is 0.412 bits per heavy atom. The van der Waals surface area contributed by atoms with E-state index in [2.05, 4.69) is 0 Å². The molecular formula is C25H45NO6P2. The van der Waals surface area contributed by atoms with Gasteiger partial charge in [0.1, 0.15) is 0 Å². The number of rotatable bonds is 11. The maximum absolute atomic E-state index is 14.4. The van der Waals surface area contributed by atoms with E-state index in [1.54, 1.807) is 0 Å². The second-order valence-corrected chi connectivity index (χ2v) is 14.7. The molecule has 0 aromatic heterocycles. The summed E-state index contributed by atoms with van der Waals surface area (Å²) in [6.07, 6.45) is 20.8. The van der Waals surface area contributed by atoms with Crippen LogP contribution in [0.25, 0.3) is 0 Å². The van der Waals surface area contributed by atoms with Gasteiger partial charge in [-0.05, 0) is 64.2 Å². The van der Waals surface area contributed by atoms with Crippen molar-refractivity contribution >= 4 is 15.5 Å². The summed E-state index contributed by atoms with van der Waals surface area (Å²) in [5, 5.41) is 0. The molecule has 0 saturated heterocycles. The SMILES string of the molecule is O=P(N=P(OC1CCCC1)(OC1CCCC1)OC1CCCC1)(OC1CCCC1)OC1CCCC1. The molecule has 0 spiro atoms. The lowest BCUT2D eigenvalue weighted by atomic mass is 10.3. The summed E-state index contributed by atoms with van der Waals surface area (Å²) in [5.41, 5.74) is 0. The molecule has 0 radical (unpaired) electrons. The van der Waals surface area contributed by atoms with Crippen molar-refractivity contribution in [2.75, 3.05) is 0 Å². The van der Waals surface area contributed by atoms with Crippen LogP contribution in [0.4, 0.5) is 0 Å². The highest BCUT2D eigenvalue weighted by Gasteiger charge is 2.44. The molecule has 34 heavy (non-hydrogen) atoms. The molecule has 5 rings (SSSR count). The molecular weight excluding hydrogens is 472 g/mol. The Labute approximate surface area is 206 Å². The van der Waals surface area contributed by atoms with E-state index in [4.69, 9.17) is 27.1 Å². The minimum absolute atomic E-state index is 0.0475. The highest BCUT2D eigenvalue weighted by Crippen LogP contribution is 2.69. The number of hydrogen-bond acceptors (Lipinski definition) is 6.